The number of imide groups is 1. The van der Waals surface area contributed by atoms with E-state index in [1.54, 1.807) is 0 Å². The number of aliphatic carboxylic acids is 1. The number of carboxylic acids is 1. The van der Waals surface area contributed by atoms with E-state index in [1.807, 2.05) is 0 Å². The number of carboxylic acid groups (broad SMARTS) is 1. The van der Waals surface area contributed by atoms with Crippen LogP contribution in [0.1, 0.15) is 39.0 Å². The Bertz CT molecular complexity index is 527. The number of carbonyl (C=O) groups excluding carboxylic acids is 3. The summed E-state index contributed by atoms with van der Waals surface area (Å²) in [6, 6.07) is -0.439. The highest BCUT2D eigenvalue weighted by Gasteiger charge is 2.52. The number of amides is 4. The van der Waals surface area contributed by atoms with Crippen molar-refractivity contribution in [3.63, 3.8) is 0 Å². The summed E-state index contributed by atoms with van der Waals surface area (Å²) < 4.78 is 0. The molecular weight excluding hydrogens is 302 g/mol. The monoisotopic (exact) mass is 325 g/mol. The summed E-state index contributed by atoms with van der Waals surface area (Å²) >= 11 is 0. The smallest absolute Gasteiger partial charge is 0.325 e. The molecule has 0 radical (unpaired) electrons. The first-order valence-corrected chi connectivity index (χ1v) is 7.88. The van der Waals surface area contributed by atoms with Gasteiger partial charge in [-0.2, -0.15) is 0 Å². The molecule has 1 saturated carbocycles. The molecule has 2 fully saturated rings. The van der Waals surface area contributed by atoms with Crippen LogP contribution in [-0.4, -0.2) is 64.4 Å². The lowest BCUT2D eigenvalue weighted by Crippen LogP contribution is -2.44. The molecular formula is C15H23N3O5. The van der Waals surface area contributed by atoms with E-state index >= 15 is 0 Å². The Morgan fingerprint density at radius 2 is 1.96 bits per heavy atom. The summed E-state index contributed by atoms with van der Waals surface area (Å²) in [5, 5.41) is 11.6. The molecule has 8 nitrogen and oxygen atoms in total. The Kier molecular flexibility index (Phi) is 4.91. The van der Waals surface area contributed by atoms with Gasteiger partial charge in [-0.15, -0.1) is 0 Å². The molecule has 4 amide bonds. The van der Waals surface area contributed by atoms with Gasteiger partial charge in [0.05, 0.1) is 5.92 Å². The normalized spacial score (nSPS) is 20.7. The van der Waals surface area contributed by atoms with Crippen LogP contribution in [0.15, 0.2) is 0 Å². The van der Waals surface area contributed by atoms with Crippen molar-refractivity contribution < 1.29 is 24.3 Å². The highest BCUT2D eigenvalue weighted by Crippen LogP contribution is 2.35. The maximum atomic E-state index is 12.4. The zero-order chi connectivity index (χ0) is 17.2. The summed E-state index contributed by atoms with van der Waals surface area (Å²) in [6.45, 7) is 1.64. The summed E-state index contributed by atoms with van der Waals surface area (Å²) in [5.41, 5.74) is -0.760. The van der Waals surface area contributed by atoms with Gasteiger partial charge in [-0.3, -0.25) is 19.3 Å². The zero-order valence-electron chi connectivity index (χ0n) is 13.5. The second-order valence-electron chi connectivity index (χ2n) is 6.44. The first-order chi connectivity index (χ1) is 10.8. The summed E-state index contributed by atoms with van der Waals surface area (Å²) in [5.74, 6) is -2.16. The number of nitrogens with zero attached hydrogens (tertiary/aromatic N) is 2. The molecule has 0 aromatic rings. The van der Waals surface area contributed by atoms with Crippen molar-refractivity contribution in [1.82, 2.24) is 15.1 Å². The van der Waals surface area contributed by atoms with E-state index in [-0.39, 0.29) is 31.3 Å². The quantitative estimate of drug-likeness (QED) is 0.688. The molecule has 2 rings (SSSR count). The number of urea groups is 1. The summed E-state index contributed by atoms with van der Waals surface area (Å²) in [4.78, 5) is 49.7. The van der Waals surface area contributed by atoms with Crippen molar-refractivity contribution in [3.05, 3.63) is 0 Å². The van der Waals surface area contributed by atoms with Crippen molar-refractivity contribution in [1.29, 1.82) is 0 Å². The molecule has 1 aliphatic heterocycles. The van der Waals surface area contributed by atoms with Crippen molar-refractivity contribution in [2.24, 2.45) is 5.92 Å². The Morgan fingerprint density at radius 1 is 1.35 bits per heavy atom. The van der Waals surface area contributed by atoms with Crippen molar-refractivity contribution >= 4 is 23.8 Å². The molecule has 1 aliphatic carbocycles. The van der Waals surface area contributed by atoms with Gasteiger partial charge >= 0.3 is 12.0 Å². The van der Waals surface area contributed by atoms with Crippen LogP contribution in [0, 0.1) is 5.92 Å². The van der Waals surface area contributed by atoms with Crippen LogP contribution in [0.25, 0.3) is 0 Å². The Morgan fingerprint density at radius 3 is 2.52 bits per heavy atom. The van der Waals surface area contributed by atoms with Crippen LogP contribution in [-0.2, 0) is 14.4 Å². The third kappa shape index (κ3) is 3.46. The second kappa shape index (κ2) is 6.55. The molecule has 8 heteroatoms. The summed E-state index contributed by atoms with van der Waals surface area (Å²) in [6.07, 6.45) is 3.12. The molecule has 2 N–H and O–H groups in total. The van der Waals surface area contributed by atoms with Crippen LogP contribution in [0.2, 0.25) is 0 Å². The second-order valence-corrected chi connectivity index (χ2v) is 6.44. The molecule has 128 valence electrons. The molecule has 1 unspecified atom stereocenters. The number of hydrogen-bond acceptors (Lipinski definition) is 4. The number of nitrogens with one attached hydrogen (secondary N) is 1. The van der Waals surface area contributed by atoms with Gasteiger partial charge in [-0.1, -0.05) is 19.8 Å². The van der Waals surface area contributed by atoms with Gasteiger partial charge < -0.3 is 15.3 Å². The SMILES string of the molecule is CC(CN(C)C(=O)CCN1C(=O)NC2(CCCC2)C1=O)C(=O)O. The maximum Gasteiger partial charge on any atom is 0.325 e. The van der Waals surface area contributed by atoms with Gasteiger partial charge in [0.1, 0.15) is 5.54 Å². The number of rotatable bonds is 6. The molecule has 0 bridgehead atoms. The third-order valence-corrected chi connectivity index (χ3v) is 4.65. The van der Waals surface area contributed by atoms with Gasteiger partial charge in [0.2, 0.25) is 5.91 Å². The van der Waals surface area contributed by atoms with E-state index in [1.165, 1.54) is 18.9 Å². The van der Waals surface area contributed by atoms with Crippen LogP contribution >= 0.6 is 0 Å². The van der Waals surface area contributed by atoms with E-state index in [0.717, 1.165) is 17.7 Å². The molecule has 1 atom stereocenters. The molecule has 23 heavy (non-hydrogen) atoms. The predicted octanol–water partition coefficient (Wildman–Crippen LogP) is 0.420. The largest absolute Gasteiger partial charge is 0.481 e. The topological polar surface area (TPSA) is 107 Å². The highest BCUT2D eigenvalue weighted by molar-refractivity contribution is 6.07. The summed E-state index contributed by atoms with van der Waals surface area (Å²) in [7, 11) is 1.52. The third-order valence-electron chi connectivity index (χ3n) is 4.65. The Hall–Kier alpha value is -2.12. The van der Waals surface area contributed by atoms with Crippen LogP contribution in [0.3, 0.4) is 0 Å². The fourth-order valence-electron chi connectivity index (χ4n) is 3.19. The minimum absolute atomic E-state index is 0.00191. The molecule has 1 saturated heterocycles. The minimum atomic E-state index is -0.970. The highest BCUT2D eigenvalue weighted by atomic mass is 16.4. The molecule has 1 spiro atoms. The first-order valence-electron chi connectivity index (χ1n) is 7.88. The van der Waals surface area contributed by atoms with Crippen LogP contribution in [0.4, 0.5) is 4.79 Å². The Balaban J connectivity index is 1.88. The lowest BCUT2D eigenvalue weighted by atomic mass is 9.98. The lowest BCUT2D eigenvalue weighted by Gasteiger charge is -2.22. The van der Waals surface area contributed by atoms with Crippen molar-refractivity contribution in [2.75, 3.05) is 20.1 Å². The van der Waals surface area contributed by atoms with Crippen molar-refractivity contribution in [3.8, 4) is 0 Å². The van der Waals surface area contributed by atoms with E-state index in [9.17, 15) is 19.2 Å². The zero-order valence-corrected chi connectivity index (χ0v) is 13.5. The van der Waals surface area contributed by atoms with Crippen molar-refractivity contribution in [2.45, 2.75) is 44.6 Å². The van der Waals surface area contributed by atoms with Gasteiger partial charge in [0.15, 0.2) is 0 Å². The van der Waals surface area contributed by atoms with Crippen LogP contribution < -0.4 is 5.32 Å². The number of hydrogen-bond donors (Lipinski definition) is 2. The standard InChI is InChI=1S/C15H23N3O5/c1-10(12(20)21)9-17(2)11(19)5-8-18-13(22)15(16-14(18)23)6-3-4-7-15/h10H,3-9H2,1-2H3,(H,16,23)(H,20,21). The maximum absolute atomic E-state index is 12.4. The average Bonchev–Trinajstić information content (AvgIpc) is 3.04. The van der Waals surface area contributed by atoms with Crippen LogP contribution in [0.5, 0.6) is 0 Å². The number of carbonyl (C=O) groups is 4. The molecule has 2 aliphatic rings. The van der Waals surface area contributed by atoms with Gasteiger partial charge in [0.25, 0.3) is 5.91 Å². The fourth-order valence-corrected chi connectivity index (χ4v) is 3.19. The Labute approximate surface area is 134 Å². The van der Waals surface area contributed by atoms with Gasteiger partial charge in [0, 0.05) is 26.6 Å². The van der Waals surface area contributed by atoms with E-state index in [2.05, 4.69) is 5.32 Å². The van der Waals surface area contributed by atoms with Gasteiger partial charge in [-0.25, -0.2) is 4.79 Å². The lowest BCUT2D eigenvalue weighted by molar-refractivity contribution is -0.142. The molecule has 0 aromatic carbocycles. The van der Waals surface area contributed by atoms with E-state index < -0.39 is 23.5 Å². The molecule has 0 aromatic heterocycles. The minimum Gasteiger partial charge on any atom is -0.481 e. The van der Waals surface area contributed by atoms with Gasteiger partial charge in [-0.05, 0) is 12.8 Å². The average molecular weight is 325 g/mol. The van der Waals surface area contributed by atoms with E-state index in [4.69, 9.17) is 5.11 Å². The fraction of sp³-hybridized carbons (Fsp3) is 0.733. The predicted molar refractivity (Wildman–Crippen MR) is 80.5 cm³/mol. The van der Waals surface area contributed by atoms with E-state index in [0.29, 0.717) is 12.8 Å². The molecule has 1 heterocycles. The first kappa shape index (κ1) is 17.2.